The molecule has 6 heteroatoms. The van der Waals surface area contributed by atoms with Gasteiger partial charge in [-0.25, -0.2) is 0 Å². The Balaban J connectivity index is 1.60. The fourth-order valence-corrected chi connectivity index (χ4v) is 6.05. The van der Waals surface area contributed by atoms with E-state index in [1.54, 1.807) is 12.3 Å². The largest absolute Gasteiger partial charge is 0.454 e. The highest BCUT2D eigenvalue weighted by molar-refractivity contribution is 5.98. The molecule has 0 radical (unpaired) electrons. The molecule has 2 aromatic rings. The van der Waals surface area contributed by atoms with Crippen molar-refractivity contribution in [1.82, 2.24) is 9.47 Å². The number of hydrogen-bond acceptors (Lipinski definition) is 4. The molecule has 1 aromatic carbocycles. The second kappa shape index (κ2) is 6.00. The number of rotatable bonds is 2. The van der Waals surface area contributed by atoms with E-state index in [0.29, 0.717) is 23.4 Å². The number of carbonyl (C=O) groups is 1. The van der Waals surface area contributed by atoms with E-state index >= 15 is 0 Å². The van der Waals surface area contributed by atoms with Crippen molar-refractivity contribution in [2.45, 2.75) is 59.5 Å². The van der Waals surface area contributed by atoms with Crippen molar-refractivity contribution in [2.75, 3.05) is 13.3 Å². The van der Waals surface area contributed by atoms with E-state index in [9.17, 15) is 9.59 Å². The molecule has 29 heavy (non-hydrogen) atoms. The first-order valence-electron chi connectivity index (χ1n) is 10.5. The minimum Gasteiger partial charge on any atom is -0.454 e. The molecule has 3 heterocycles. The third-order valence-electron chi connectivity index (χ3n) is 6.82. The Morgan fingerprint density at radius 1 is 1.17 bits per heavy atom. The summed E-state index contributed by atoms with van der Waals surface area (Å²) < 4.78 is 12.9. The molecule has 1 aliphatic carbocycles. The van der Waals surface area contributed by atoms with Crippen molar-refractivity contribution in [3.8, 4) is 11.5 Å². The lowest BCUT2D eigenvalue weighted by molar-refractivity contribution is 0.0706. The number of pyridine rings is 1. The topological polar surface area (TPSA) is 60.8 Å². The summed E-state index contributed by atoms with van der Waals surface area (Å²) in [5.74, 6) is 1.07. The fraction of sp³-hybridized carbons (Fsp3) is 0.565. The predicted octanol–water partition coefficient (Wildman–Crippen LogP) is 3.79. The summed E-state index contributed by atoms with van der Waals surface area (Å²) in [5, 5.41) is 0.510. The van der Waals surface area contributed by atoms with Crippen LogP contribution in [0.1, 0.15) is 57.3 Å². The predicted molar refractivity (Wildman–Crippen MR) is 111 cm³/mol. The summed E-state index contributed by atoms with van der Waals surface area (Å²) in [5.41, 5.74) is 1.16. The number of amides is 1. The smallest absolute Gasteiger partial charge is 0.259 e. The minimum absolute atomic E-state index is 0.134. The van der Waals surface area contributed by atoms with Crippen LogP contribution in [0.5, 0.6) is 11.5 Å². The van der Waals surface area contributed by atoms with Gasteiger partial charge in [0.2, 0.25) is 12.2 Å². The number of ether oxygens (including phenoxy) is 2. The lowest BCUT2D eigenvalue weighted by Gasteiger charge is -2.39. The Labute approximate surface area is 170 Å². The van der Waals surface area contributed by atoms with Crippen molar-refractivity contribution in [3.63, 3.8) is 0 Å². The molecule has 2 atom stereocenters. The van der Waals surface area contributed by atoms with Crippen LogP contribution in [0, 0.1) is 10.8 Å². The third kappa shape index (κ3) is 2.83. The maximum Gasteiger partial charge on any atom is 0.259 e. The molecule has 0 unspecified atom stereocenters. The molecule has 0 N–H and O–H groups in total. The molecule has 6 nitrogen and oxygen atoms in total. The van der Waals surface area contributed by atoms with Crippen molar-refractivity contribution in [2.24, 2.45) is 10.8 Å². The average molecular weight is 396 g/mol. The van der Waals surface area contributed by atoms with Gasteiger partial charge in [-0.3, -0.25) is 9.59 Å². The molecule has 2 bridgehead atoms. The van der Waals surface area contributed by atoms with Crippen LogP contribution >= 0.6 is 0 Å². The summed E-state index contributed by atoms with van der Waals surface area (Å²) >= 11 is 0. The lowest BCUT2D eigenvalue weighted by Crippen LogP contribution is -2.39. The van der Waals surface area contributed by atoms with Gasteiger partial charge in [0.05, 0.1) is 10.9 Å². The van der Waals surface area contributed by atoms with Gasteiger partial charge in [-0.2, -0.15) is 0 Å². The number of aryl methyl sites for hydroxylation is 1. The van der Waals surface area contributed by atoms with Gasteiger partial charge in [-0.15, -0.1) is 0 Å². The Kier molecular flexibility index (Phi) is 3.83. The molecular weight excluding hydrogens is 368 g/mol. The van der Waals surface area contributed by atoms with Crippen LogP contribution in [0.15, 0.2) is 23.1 Å². The molecule has 2 aliphatic heterocycles. The first-order valence-corrected chi connectivity index (χ1v) is 10.5. The van der Waals surface area contributed by atoms with Crippen molar-refractivity contribution in [1.29, 1.82) is 0 Å². The standard InChI is InChI=1S/C23H28N2O4/c1-5-24-10-16(20(26)15-6-18-19(7-17(15)24)29-13-28-18)21(27)25-12-23(4)9-14(25)8-22(2,3)11-23/h6-7,10,14H,5,8-9,11-13H2,1-4H3/t14-,23-/m0/s1. The van der Waals surface area contributed by atoms with E-state index in [4.69, 9.17) is 9.47 Å². The highest BCUT2D eigenvalue weighted by atomic mass is 16.7. The Morgan fingerprint density at radius 3 is 2.62 bits per heavy atom. The molecule has 5 rings (SSSR count). The number of aromatic nitrogens is 1. The molecule has 1 aromatic heterocycles. The normalized spacial score (nSPS) is 26.9. The van der Waals surface area contributed by atoms with Crippen LogP contribution in [-0.2, 0) is 6.54 Å². The SMILES string of the molecule is CCn1cc(C(=O)N2C[C@@]3(C)C[C@@H]2CC(C)(C)C3)c(=O)c2cc3c(cc21)OCO3. The average Bonchev–Trinajstić information content (AvgIpc) is 3.20. The number of carbonyl (C=O) groups excluding carboxylic acids is 1. The number of benzene rings is 1. The summed E-state index contributed by atoms with van der Waals surface area (Å²) in [6.07, 6.45) is 4.85. The summed E-state index contributed by atoms with van der Waals surface area (Å²) in [4.78, 5) is 28.9. The van der Waals surface area contributed by atoms with E-state index < -0.39 is 0 Å². The van der Waals surface area contributed by atoms with Gasteiger partial charge in [0.1, 0.15) is 5.56 Å². The second-order valence-corrected chi connectivity index (χ2v) is 10.0. The third-order valence-corrected chi connectivity index (χ3v) is 6.82. The molecule has 1 amide bonds. The van der Waals surface area contributed by atoms with E-state index in [0.717, 1.165) is 31.3 Å². The summed E-state index contributed by atoms with van der Waals surface area (Å²) in [7, 11) is 0. The Morgan fingerprint density at radius 2 is 1.90 bits per heavy atom. The molecule has 1 saturated heterocycles. The molecule has 154 valence electrons. The van der Waals surface area contributed by atoms with Crippen molar-refractivity contribution >= 4 is 16.8 Å². The van der Waals surface area contributed by atoms with Gasteiger partial charge in [-0.1, -0.05) is 20.8 Å². The number of fused-ring (bicyclic) bond motifs is 4. The number of nitrogens with zero attached hydrogens (tertiary/aromatic N) is 2. The first kappa shape index (κ1) is 18.5. The van der Waals surface area contributed by atoms with Crippen LogP contribution in [0.3, 0.4) is 0 Å². The molecule has 2 fully saturated rings. The van der Waals surface area contributed by atoms with Gasteiger partial charge in [0, 0.05) is 31.4 Å². The highest BCUT2D eigenvalue weighted by Gasteiger charge is 2.51. The summed E-state index contributed by atoms with van der Waals surface area (Å²) in [6.45, 7) is 10.4. The van der Waals surface area contributed by atoms with Gasteiger partial charge in [-0.05, 0) is 43.1 Å². The van der Waals surface area contributed by atoms with Gasteiger partial charge >= 0.3 is 0 Å². The molecule has 3 aliphatic rings. The quantitative estimate of drug-likeness (QED) is 0.775. The fourth-order valence-electron chi connectivity index (χ4n) is 6.05. The van der Waals surface area contributed by atoms with Gasteiger partial charge in [0.15, 0.2) is 11.5 Å². The zero-order valence-corrected chi connectivity index (χ0v) is 17.6. The maximum absolute atomic E-state index is 13.6. The second-order valence-electron chi connectivity index (χ2n) is 10.0. The van der Waals surface area contributed by atoms with Crippen LogP contribution in [-0.4, -0.2) is 34.8 Å². The molecular formula is C23H28N2O4. The molecule has 0 spiro atoms. The van der Waals surface area contributed by atoms with Crippen LogP contribution in [0.2, 0.25) is 0 Å². The van der Waals surface area contributed by atoms with Crippen LogP contribution < -0.4 is 14.9 Å². The highest BCUT2D eigenvalue weighted by Crippen LogP contribution is 2.52. The number of hydrogen-bond donors (Lipinski definition) is 0. The lowest BCUT2D eigenvalue weighted by atomic mass is 9.65. The Bertz CT molecular complexity index is 1090. The van der Waals surface area contributed by atoms with E-state index in [1.165, 1.54) is 0 Å². The maximum atomic E-state index is 13.6. The van der Waals surface area contributed by atoms with Gasteiger partial charge in [0.25, 0.3) is 5.91 Å². The van der Waals surface area contributed by atoms with Crippen LogP contribution in [0.4, 0.5) is 0 Å². The monoisotopic (exact) mass is 396 g/mol. The molecule has 1 saturated carbocycles. The van der Waals surface area contributed by atoms with Gasteiger partial charge < -0.3 is 18.9 Å². The van der Waals surface area contributed by atoms with E-state index in [2.05, 4.69) is 20.8 Å². The van der Waals surface area contributed by atoms with Crippen molar-refractivity contribution in [3.05, 3.63) is 34.1 Å². The number of likely N-dealkylation sites (tertiary alicyclic amines) is 1. The zero-order chi connectivity index (χ0) is 20.6. The zero-order valence-electron chi connectivity index (χ0n) is 17.6. The van der Waals surface area contributed by atoms with E-state index in [1.807, 2.05) is 22.5 Å². The van der Waals surface area contributed by atoms with Crippen molar-refractivity contribution < 1.29 is 14.3 Å². The van der Waals surface area contributed by atoms with E-state index in [-0.39, 0.29) is 40.6 Å². The summed E-state index contributed by atoms with van der Waals surface area (Å²) in [6, 6.07) is 3.76. The minimum atomic E-state index is -0.223. The Hall–Kier alpha value is -2.50. The first-order chi connectivity index (χ1) is 13.7. The van der Waals surface area contributed by atoms with Crippen LogP contribution in [0.25, 0.3) is 10.9 Å².